The van der Waals surface area contributed by atoms with E-state index in [9.17, 15) is 4.39 Å². The van der Waals surface area contributed by atoms with Crippen molar-refractivity contribution in [2.24, 2.45) is 0 Å². The van der Waals surface area contributed by atoms with Crippen LogP contribution in [0.2, 0.25) is 0 Å². The number of aryl methyl sites for hydroxylation is 2. The lowest BCUT2D eigenvalue weighted by molar-refractivity contribution is 0.617. The van der Waals surface area contributed by atoms with Gasteiger partial charge >= 0.3 is 0 Å². The van der Waals surface area contributed by atoms with E-state index in [1.807, 2.05) is 19.9 Å². The fraction of sp³-hybridized carbons (Fsp3) is 0.214. The van der Waals surface area contributed by atoms with Crippen LogP contribution < -0.4 is 0 Å². The molecule has 0 radical (unpaired) electrons. The molecule has 3 rings (SSSR count). The maximum atomic E-state index is 13.7. The molecule has 2 aromatic heterocycles. The molecule has 0 aliphatic carbocycles. The molecule has 0 spiro atoms. The maximum absolute atomic E-state index is 13.7. The Bertz CT molecular complexity index is 818. The summed E-state index contributed by atoms with van der Waals surface area (Å²) in [5.41, 5.74) is 2.50. The first-order chi connectivity index (χ1) is 10.0. The number of nitrogens with zero attached hydrogens (tertiary/aromatic N) is 4. The van der Waals surface area contributed by atoms with Gasteiger partial charge in [-0.05, 0) is 43.7 Å². The van der Waals surface area contributed by atoms with Crippen LogP contribution in [0.4, 0.5) is 4.39 Å². The first kappa shape index (κ1) is 14.5. The fourth-order valence-corrected chi connectivity index (χ4v) is 3.21. The van der Waals surface area contributed by atoms with Gasteiger partial charge < -0.3 is 0 Å². The third kappa shape index (κ3) is 3.08. The lowest BCUT2D eigenvalue weighted by Gasteiger charge is -2.01. The van der Waals surface area contributed by atoms with E-state index in [1.165, 1.54) is 17.8 Å². The number of fused-ring (bicyclic) bond motifs is 1. The standard InChI is InChI=1S/C14H12BrFN4S/c1-8-5-9(2)20-13(17-8)18-14(19-20)21-7-10-6-11(15)3-4-12(10)16/h3-6H,7H2,1-2H3. The molecule has 4 nitrogen and oxygen atoms in total. The van der Waals surface area contributed by atoms with E-state index in [0.717, 1.165) is 15.9 Å². The van der Waals surface area contributed by atoms with Crippen LogP contribution in [-0.2, 0) is 5.75 Å². The second kappa shape index (κ2) is 5.73. The summed E-state index contributed by atoms with van der Waals surface area (Å²) in [6, 6.07) is 6.85. The van der Waals surface area contributed by atoms with Gasteiger partial charge in [0, 0.05) is 21.6 Å². The van der Waals surface area contributed by atoms with Crippen LogP contribution in [0.1, 0.15) is 17.0 Å². The van der Waals surface area contributed by atoms with E-state index < -0.39 is 0 Å². The summed E-state index contributed by atoms with van der Waals surface area (Å²) in [5.74, 6) is 0.824. The average molecular weight is 367 g/mol. The van der Waals surface area contributed by atoms with Gasteiger partial charge in [-0.1, -0.05) is 27.7 Å². The molecule has 0 atom stereocenters. The molecule has 0 amide bonds. The smallest absolute Gasteiger partial charge is 0.216 e. The second-order valence-electron chi connectivity index (χ2n) is 4.67. The fourth-order valence-electron chi connectivity index (χ4n) is 2.01. The van der Waals surface area contributed by atoms with Crippen molar-refractivity contribution in [3.05, 3.63) is 51.5 Å². The first-order valence-corrected chi connectivity index (χ1v) is 8.08. The van der Waals surface area contributed by atoms with Gasteiger partial charge in [0.15, 0.2) is 0 Å². The van der Waals surface area contributed by atoms with Crippen molar-refractivity contribution < 1.29 is 4.39 Å². The Labute approximate surface area is 133 Å². The van der Waals surface area contributed by atoms with Crippen LogP contribution in [0, 0.1) is 19.7 Å². The molecule has 1 aromatic carbocycles. The highest BCUT2D eigenvalue weighted by atomic mass is 79.9. The third-order valence-electron chi connectivity index (χ3n) is 2.96. The van der Waals surface area contributed by atoms with Crippen LogP contribution in [0.15, 0.2) is 33.9 Å². The lowest BCUT2D eigenvalue weighted by atomic mass is 10.2. The Morgan fingerprint density at radius 2 is 2.05 bits per heavy atom. The highest BCUT2D eigenvalue weighted by Crippen LogP contribution is 2.24. The Balaban J connectivity index is 1.85. The highest BCUT2D eigenvalue weighted by Gasteiger charge is 2.10. The van der Waals surface area contributed by atoms with Gasteiger partial charge in [0.2, 0.25) is 5.16 Å². The van der Waals surface area contributed by atoms with Gasteiger partial charge in [0.1, 0.15) is 5.82 Å². The van der Waals surface area contributed by atoms with Crippen molar-refractivity contribution in [2.75, 3.05) is 0 Å². The number of rotatable bonds is 3. The quantitative estimate of drug-likeness (QED) is 0.658. The second-order valence-corrected chi connectivity index (χ2v) is 6.53. The summed E-state index contributed by atoms with van der Waals surface area (Å²) in [5, 5.41) is 4.99. The Kier molecular flexibility index (Phi) is 3.95. The summed E-state index contributed by atoms with van der Waals surface area (Å²) in [4.78, 5) is 8.71. The van der Waals surface area contributed by atoms with Gasteiger partial charge in [0.05, 0.1) is 0 Å². The molecule has 21 heavy (non-hydrogen) atoms. The molecule has 0 aliphatic heterocycles. The van der Waals surface area contributed by atoms with Gasteiger partial charge in [-0.2, -0.15) is 4.98 Å². The SMILES string of the molecule is Cc1cc(C)n2nc(SCc3cc(Br)ccc3F)nc2n1. The van der Waals surface area contributed by atoms with Crippen molar-refractivity contribution in [1.82, 2.24) is 19.6 Å². The van der Waals surface area contributed by atoms with Gasteiger partial charge in [-0.3, -0.25) is 0 Å². The van der Waals surface area contributed by atoms with Gasteiger partial charge in [-0.25, -0.2) is 13.9 Å². The zero-order chi connectivity index (χ0) is 15.0. The Hall–Kier alpha value is -1.47. The third-order valence-corrected chi connectivity index (χ3v) is 4.34. The number of benzene rings is 1. The minimum atomic E-state index is -0.223. The van der Waals surface area contributed by atoms with Crippen LogP contribution in [0.5, 0.6) is 0 Å². The molecule has 0 saturated carbocycles. The van der Waals surface area contributed by atoms with E-state index in [1.54, 1.807) is 16.6 Å². The van der Waals surface area contributed by atoms with Crippen molar-refractivity contribution in [1.29, 1.82) is 0 Å². The van der Waals surface area contributed by atoms with Crippen LogP contribution in [-0.4, -0.2) is 19.6 Å². The molecule has 0 unspecified atom stereocenters. The first-order valence-electron chi connectivity index (χ1n) is 6.30. The van der Waals surface area contributed by atoms with E-state index in [-0.39, 0.29) is 5.82 Å². The van der Waals surface area contributed by atoms with E-state index in [4.69, 9.17) is 0 Å². The predicted molar refractivity (Wildman–Crippen MR) is 83.9 cm³/mol. The topological polar surface area (TPSA) is 43.1 Å². The summed E-state index contributed by atoms with van der Waals surface area (Å²) in [7, 11) is 0. The molecule has 0 saturated heterocycles. The molecule has 0 fully saturated rings. The molecule has 0 N–H and O–H groups in total. The van der Waals surface area contributed by atoms with Gasteiger partial charge in [0.25, 0.3) is 5.78 Å². The Morgan fingerprint density at radius 3 is 2.86 bits per heavy atom. The predicted octanol–water partition coefficient (Wildman–Crippen LogP) is 3.94. The van der Waals surface area contributed by atoms with E-state index in [2.05, 4.69) is 31.0 Å². The summed E-state index contributed by atoms with van der Waals surface area (Å²) >= 11 is 4.74. The van der Waals surface area contributed by atoms with Gasteiger partial charge in [-0.15, -0.1) is 5.10 Å². The van der Waals surface area contributed by atoms with Crippen molar-refractivity contribution >= 4 is 33.5 Å². The molecule has 0 aliphatic rings. The number of hydrogen-bond acceptors (Lipinski definition) is 4. The minimum absolute atomic E-state index is 0.223. The number of hydrogen-bond donors (Lipinski definition) is 0. The highest BCUT2D eigenvalue weighted by molar-refractivity contribution is 9.10. The maximum Gasteiger partial charge on any atom is 0.253 e. The van der Waals surface area contributed by atoms with Crippen molar-refractivity contribution in [3.63, 3.8) is 0 Å². The summed E-state index contributed by atoms with van der Waals surface area (Å²) < 4.78 is 16.3. The molecular formula is C14H12BrFN4S. The molecular weight excluding hydrogens is 355 g/mol. The largest absolute Gasteiger partial charge is 0.253 e. The van der Waals surface area contributed by atoms with Crippen molar-refractivity contribution in [3.8, 4) is 0 Å². The van der Waals surface area contributed by atoms with Crippen LogP contribution >= 0.6 is 27.7 Å². The van der Waals surface area contributed by atoms with Crippen LogP contribution in [0.3, 0.4) is 0 Å². The number of halogens is 2. The molecule has 2 heterocycles. The monoisotopic (exact) mass is 366 g/mol. The zero-order valence-corrected chi connectivity index (χ0v) is 13.9. The molecule has 7 heteroatoms. The van der Waals surface area contributed by atoms with Crippen molar-refractivity contribution in [2.45, 2.75) is 24.8 Å². The Morgan fingerprint density at radius 1 is 1.24 bits per heavy atom. The van der Waals surface area contributed by atoms with Crippen LogP contribution in [0.25, 0.3) is 5.78 Å². The minimum Gasteiger partial charge on any atom is -0.216 e. The van der Waals surface area contributed by atoms with E-state index >= 15 is 0 Å². The average Bonchev–Trinajstić information content (AvgIpc) is 2.83. The summed E-state index contributed by atoms with van der Waals surface area (Å²) in [6.45, 7) is 3.88. The normalized spacial score (nSPS) is 11.2. The molecule has 108 valence electrons. The lowest BCUT2D eigenvalue weighted by Crippen LogP contribution is -1.97. The molecule has 3 aromatic rings. The zero-order valence-electron chi connectivity index (χ0n) is 11.5. The number of aromatic nitrogens is 4. The number of thioether (sulfide) groups is 1. The summed E-state index contributed by atoms with van der Waals surface area (Å²) in [6.07, 6.45) is 0. The van der Waals surface area contributed by atoms with E-state index in [0.29, 0.717) is 22.3 Å². The molecule has 0 bridgehead atoms.